The molecule has 0 radical (unpaired) electrons. The lowest BCUT2D eigenvalue weighted by molar-refractivity contribution is 0.421. The molecule has 0 bridgehead atoms. The van der Waals surface area contributed by atoms with Crippen LogP contribution in [0.25, 0.3) is 5.82 Å². The molecule has 0 spiro atoms. The molecular weight excluding hydrogens is 284 g/mol. The first-order chi connectivity index (χ1) is 9.90. The van der Waals surface area contributed by atoms with E-state index in [-0.39, 0.29) is 5.54 Å². The van der Waals surface area contributed by atoms with Crippen LogP contribution in [0.2, 0.25) is 5.02 Å². The Balaban J connectivity index is 2.27. The minimum absolute atomic E-state index is 0.0311. The molecule has 0 aliphatic rings. The van der Waals surface area contributed by atoms with Crippen molar-refractivity contribution in [2.75, 3.05) is 0 Å². The second-order valence-corrected chi connectivity index (χ2v) is 6.57. The molecule has 21 heavy (non-hydrogen) atoms. The molecular formula is C16H23ClN4. The fourth-order valence-corrected chi connectivity index (χ4v) is 2.20. The number of halogens is 1. The molecule has 0 aliphatic heterocycles. The number of aromatic nitrogens is 3. The summed E-state index contributed by atoms with van der Waals surface area (Å²) in [6.07, 6.45) is 5.76. The van der Waals surface area contributed by atoms with Gasteiger partial charge in [-0.3, -0.25) is 4.57 Å². The van der Waals surface area contributed by atoms with Crippen LogP contribution in [-0.4, -0.2) is 20.1 Å². The number of hydrogen-bond donors (Lipinski definition) is 1. The molecule has 2 rings (SSSR count). The normalized spacial score (nSPS) is 11.9. The van der Waals surface area contributed by atoms with Crippen LogP contribution < -0.4 is 5.32 Å². The zero-order valence-corrected chi connectivity index (χ0v) is 13.9. The first-order valence-electron chi connectivity index (χ1n) is 7.34. The van der Waals surface area contributed by atoms with Gasteiger partial charge < -0.3 is 5.32 Å². The van der Waals surface area contributed by atoms with Gasteiger partial charge in [0.25, 0.3) is 0 Å². The molecule has 0 saturated heterocycles. The van der Waals surface area contributed by atoms with Crippen LogP contribution >= 0.6 is 11.6 Å². The molecule has 2 heterocycles. The van der Waals surface area contributed by atoms with E-state index in [1.54, 1.807) is 0 Å². The molecule has 5 heteroatoms. The number of nitrogens with one attached hydrogen (secondary N) is 1. The third kappa shape index (κ3) is 4.29. The minimum Gasteiger partial charge on any atom is -0.306 e. The molecule has 1 N–H and O–H groups in total. The van der Waals surface area contributed by atoms with E-state index in [9.17, 15) is 0 Å². The Kier molecular flexibility index (Phi) is 5.01. The summed E-state index contributed by atoms with van der Waals surface area (Å²) in [7, 11) is 0. The predicted molar refractivity (Wildman–Crippen MR) is 87.0 cm³/mol. The predicted octanol–water partition coefficient (Wildman–Crippen LogP) is 3.76. The van der Waals surface area contributed by atoms with E-state index in [1.165, 1.54) is 0 Å². The van der Waals surface area contributed by atoms with Crippen LogP contribution in [0.1, 0.15) is 45.6 Å². The van der Waals surface area contributed by atoms with E-state index in [4.69, 9.17) is 11.6 Å². The average Bonchev–Trinajstić information content (AvgIpc) is 2.85. The van der Waals surface area contributed by atoms with Crippen molar-refractivity contribution in [3.8, 4) is 5.82 Å². The third-order valence-corrected chi connectivity index (χ3v) is 3.47. The maximum Gasteiger partial charge on any atom is 0.138 e. The molecule has 0 amide bonds. The number of imidazole rings is 1. The van der Waals surface area contributed by atoms with Crippen molar-refractivity contribution >= 4 is 11.6 Å². The van der Waals surface area contributed by atoms with E-state index >= 15 is 0 Å². The smallest absolute Gasteiger partial charge is 0.138 e. The number of hydrogen-bond acceptors (Lipinski definition) is 3. The number of pyridine rings is 1. The number of aryl methyl sites for hydroxylation is 1. The molecule has 4 nitrogen and oxygen atoms in total. The van der Waals surface area contributed by atoms with E-state index in [1.807, 2.05) is 29.1 Å². The van der Waals surface area contributed by atoms with Gasteiger partial charge in [-0.15, -0.1) is 0 Å². The summed E-state index contributed by atoms with van der Waals surface area (Å²) < 4.78 is 2.03. The highest BCUT2D eigenvalue weighted by Gasteiger charge is 2.12. The van der Waals surface area contributed by atoms with Crippen molar-refractivity contribution in [3.05, 3.63) is 41.1 Å². The van der Waals surface area contributed by atoms with Crippen LogP contribution in [0, 0.1) is 0 Å². The van der Waals surface area contributed by atoms with Crippen molar-refractivity contribution in [1.82, 2.24) is 19.9 Å². The quantitative estimate of drug-likeness (QED) is 0.914. The van der Waals surface area contributed by atoms with Crippen LogP contribution in [0.15, 0.2) is 24.5 Å². The topological polar surface area (TPSA) is 42.7 Å². The number of nitrogens with zero attached hydrogens (tertiary/aromatic N) is 3. The Morgan fingerprint density at radius 1 is 1.29 bits per heavy atom. The van der Waals surface area contributed by atoms with Gasteiger partial charge in [-0.25, -0.2) is 9.97 Å². The molecule has 0 aliphatic carbocycles. The largest absolute Gasteiger partial charge is 0.306 e. The molecule has 114 valence electrons. The van der Waals surface area contributed by atoms with Crippen LogP contribution in [-0.2, 0) is 13.0 Å². The average molecular weight is 307 g/mol. The minimum atomic E-state index is 0.0311. The summed E-state index contributed by atoms with van der Waals surface area (Å²) in [6.45, 7) is 9.17. The summed E-state index contributed by atoms with van der Waals surface area (Å²) in [5.74, 6) is 1.90. The lowest BCUT2D eigenvalue weighted by Crippen LogP contribution is -2.35. The monoisotopic (exact) mass is 306 g/mol. The lowest BCUT2D eigenvalue weighted by atomic mass is 10.1. The Morgan fingerprint density at radius 3 is 2.71 bits per heavy atom. The van der Waals surface area contributed by atoms with Crippen molar-refractivity contribution in [1.29, 1.82) is 0 Å². The third-order valence-electron chi connectivity index (χ3n) is 3.13. The van der Waals surface area contributed by atoms with Gasteiger partial charge in [-0.1, -0.05) is 18.5 Å². The van der Waals surface area contributed by atoms with E-state index in [0.29, 0.717) is 11.6 Å². The first-order valence-corrected chi connectivity index (χ1v) is 7.71. The second-order valence-electron chi connectivity index (χ2n) is 6.16. The highest BCUT2D eigenvalue weighted by atomic mass is 35.5. The first kappa shape index (κ1) is 16.0. The molecule has 2 aromatic heterocycles. The Bertz CT molecular complexity index is 599. The maximum atomic E-state index is 6.26. The molecule has 0 fully saturated rings. The SMILES string of the molecule is CCCc1nccn1-c1ccc(Cl)c(CNC(C)(C)C)n1. The van der Waals surface area contributed by atoms with E-state index < -0.39 is 0 Å². The van der Waals surface area contributed by atoms with Gasteiger partial charge in [0.1, 0.15) is 11.6 Å². The highest BCUT2D eigenvalue weighted by molar-refractivity contribution is 6.31. The highest BCUT2D eigenvalue weighted by Crippen LogP contribution is 2.18. The van der Waals surface area contributed by atoms with Gasteiger partial charge in [0, 0.05) is 30.9 Å². The fraction of sp³-hybridized carbons (Fsp3) is 0.500. The van der Waals surface area contributed by atoms with Gasteiger partial charge >= 0.3 is 0 Å². The summed E-state index contributed by atoms with van der Waals surface area (Å²) in [4.78, 5) is 9.08. The molecule has 2 aromatic rings. The van der Waals surface area contributed by atoms with Crippen molar-refractivity contribution in [3.63, 3.8) is 0 Å². The zero-order valence-electron chi connectivity index (χ0n) is 13.2. The zero-order chi connectivity index (χ0) is 15.5. The molecule has 0 unspecified atom stereocenters. The van der Waals surface area contributed by atoms with E-state index in [0.717, 1.165) is 30.2 Å². The fourth-order valence-electron chi connectivity index (χ4n) is 2.03. The lowest BCUT2D eigenvalue weighted by Gasteiger charge is -2.20. The summed E-state index contributed by atoms with van der Waals surface area (Å²) in [5, 5.41) is 4.11. The van der Waals surface area contributed by atoms with Crippen molar-refractivity contribution < 1.29 is 0 Å². The van der Waals surface area contributed by atoms with Crippen LogP contribution in [0.4, 0.5) is 0 Å². The molecule has 0 saturated carbocycles. The Hall–Kier alpha value is -1.39. The summed E-state index contributed by atoms with van der Waals surface area (Å²) >= 11 is 6.26. The maximum absolute atomic E-state index is 6.26. The standard InChI is InChI=1S/C16H23ClN4/c1-5-6-14-18-9-10-21(14)15-8-7-12(17)13(20-15)11-19-16(2,3)4/h7-10,19H,5-6,11H2,1-4H3. The number of rotatable bonds is 5. The Morgan fingerprint density at radius 2 is 2.05 bits per heavy atom. The van der Waals surface area contributed by atoms with Crippen molar-refractivity contribution in [2.24, 2.45) is 0 Å². The van der Waals surface area contributed by atoms with Crippen LogP contribution in [0.3, 0.4) is 0 Å². The van der Waals surface area contributed by atoms with Crippen LogP contribution in [0.5, 0.6) is 0 Å². The summed E-state index contributed by atoms with van der Waals surface area (Å²) in [5.41, 5.74) is 0.892. The van der Waals surface area contributed by atoms with Gasteiger partial charge in [0.2, 0.25) is 0 Å². The Labute approximate surface area is 131 Å². The second kappa shape index (κ2) is 6.58. The van der Waals surface area contributed by atoms with Gasteiger partial charge in [-0.05, 0) is 39.3 Å². The van der Waals surface area contributed by atoms with Gasteiger partial charge in [0.05, 0.1) is 10.7 Å². The van der Waals surface area contributed by atoms with Gasteiger partial charge in [0.15, 0.2) is 0 Å². The van der Waals surface area contributed by atoms with E-state index in [2.05, 4.69) is 43.0 Å². The molecule has 0 atom stereocenters. The van der Waals surface area contributed by atoms with Gasteiger partial charge in [-0.2, -0.15) is 0 Å². The summed E-state index contributed by atoms with van der Waals surface area (Å²) in [6, 6.07) is 3.84. The molecule has 0 aromatic carbocycles. The van der Waals surface area contributed by atoms with Crippen molar-refractivity contribution in [2.45, 2.75) is 52.6 Å².